The van der Waals surface area contributed by atoms with Crippen LogP contribution in [-0.2, 0) is 17.1 Å². The molecule has 0 spiro atoms. The number of ketones is 1. The van der Waals surface area contributed by atoms with Gasteiger partial charge in [-0.05, 0) is 17.7 Å². The quantitative estimate of drug-likeness (QED) is 0.409. The average Bonchev–Trinajstić information content (AvgIpc) is 3.21. The molecule has 11 heteroatoms. The number of benzene rings is 1. The van der Waals surface area contributed by atoms with Gasteiger partial charge in [0.05, 0.1) is 10.5 Å². The Kier molecular flexibility index (Phi) is 4.67. The summed E-state index contributed by atoms with van der Waals surface area (Å²) in [4.78, 5) is 42.4. The van der Waals surface area contributed by atoms with Gasteiger partial charge in [0.1, 0.15) is 5.15 Å². The second kappa shape index (κ2) is 7.08. The van der Waals surface area contributed by atoms with E-state index in [-0.39, 0.29) is 36.6 Å². The van der Waals surface area contributed by atoms with Crippen molar-refractivity contribution in [3.05, 3.63) is 86.1 Å². The van der Waals surface area contributed by atoms with Crippen LogP contribution in [0.1, 0.15) is 21.5 Å². The summed E-state index contributed by atoms with van der Waals surface area (Å²) in [7, 11) is 0. The van der Waals surface area contributed by atoms with E-state index in [0.29, 0.717) is 10.7 Å². The lowest BCUT2D eigenvalue weighted by atomic mass is 9.93. The summed E-state index contributed by atoms with van der Waals surface area (Å²) in [6, 6.07) is 8.71. The van der Waals surface area contributed by atoms with Crippen molar-refractivity contribution >= 4 is 23.4 Å². The molecule has 0 amide bonds. The number of carbonyl (C=O) groups is 2. The van der Waals surface area contributed by atoms with E-state index >= 15 is 0 Å². The molecule has 2 aliphatic rings. The highest BCUT2D eigenvalue weighted by atomic mass is 35.5. The predicted octanol–water partition coefficient (Wildman–Crippen LogP) is 1.42. The fourth-order valence-electron chi connectivity index (χ4n) is 3.87. The molecule has 1 saturated heterocycles. The predicted molar refractivity (Wildman–Crippen MR) is 103 cm³/mol. The van der Waals surface area contributed by atoms with Gasteiger partial charge < -0.3 is 20.0 Å². The van der Waals surface area contributed by atoms with Crippen LogP contribution in [0.3, 0.4) is 0 Å². The lowest BCUT2D eigenvalue weighted by molar-refractivity contribution is -0.420. The van der Waals surface area contributed by atoms with Crippen molar-refractivity contribution in [3.63, 3.8) is 0 Å². The molecule has 1 aromatic carbocycles. The van der Waals surface area contributed by atoms with Gasteiger partial charge in [0.2, 0.25) is 5.72 Å². The van der Waals surface area contributed by atoms with Gasteiger partial charge in [-0.2, -0.15) is 0 Å². The summed E-state index contributed by atoms with van der Waals surface area (Å²) < 4.78 is 0. The van der Waals surface area contributed by atoms with Crippen molar-refractivity contribution in [2.24, 2.45) is 0 Å². The van der Waals surface area contributed by atoms with E-state index in [0.717, 1.165) is 0 Å². The Hall–Kier alpha value is -3.50. The van der Waals surface area contributed by atoms with Crippen LogP contribution >= 0.6 is 11.6 Å². The molecule has 1 fully saturated rings. The molecule has 1 atom stereocenters. The molecule has 2 aliphatic heterocycles. The van der Waals surface area contributed by atoms with E-state index < -0.39 is 28.1 Å². The number of aromatic nitrogens is 1. The molecular weight excluding hydrogens is 416 g/mol. The van der Waals surface area contributed by atoms with Crippen LogP contribution in [0.4, 0.5) is 0 Å². The van der Waals surface area contributed by atoms with Gasteiger partial charge in [-0.3, -0.25) is 14.9 Å². The Labute approximate surface area is 174 Å². The van der Waals surface area contributed by atoms with Crippen molar-refractivity contribution < 1.29 is 24.7 Å². The number of nitro groups is 1. The first-order valence-corrected chi connectivity index (χ1v) is 9.24. The van der Waals surface area contributed by atoms with Gasteiger partial charge in [0, 0.05) is 31.4 Å². The second-order valence-electron chi connectivity index (χ2n) is 6.84. The molecule has 1 unspecified atom stereocenters. The summed E-state index contributed by atoms with van der Waals surface area (Å²) >= 11 is 5.79. The standard InChI is InChI=1S/C19H15ClN4O6/c20-14-6-5-11(9-21-14)10-22-7-8-23-17(22)15(24(29)30)16(25)19(23,28)13-4-2-1-3-12(13)18(26)27/h1-6,9,28H,7-8,10H2,(H,26,27). The van der Waals surface area contributed by atoms with Crippen molar-refractivity contribution in [1.29, 1.82) is 0 Å². The Morgan fingerprint density at radius 3 is 2.63 bits per heavy atom. The third-order valence-corrected chi connectivity index (χ3v) is 5.38. The molecule has 154 valence electrons. The number of pyridine rings is 1. The van der Waals surface area contributed by atoms with E-state index in [1.807, 2.05) is 0 Å². The third-order valence-electron chi connectivity index (χ3n) is 5.16. The topological polar surface area (TPSA) is 137 Å². The first-order chi connectivity index (χ1) is 14.2. The SMILES string of the molecule is O=C(O)c1ccccc1C1(O)C(=O)C([N+](=O)[O-])=C2N(Cc3ccc(Cl)nc3)CCN21. The van der Waals surface area contributed by atoms with Crippen molar-refractivity contribution in [3.8, 4) is 0 Å². The molecule has 2 aromatic rings. The number of aliphatic hydroxyl groups is 1. The summed E-state index contributed by atoms with van der Waals surface area (Å²) in [5.41, 5.74) is -3.09. The third kappa shape index (κ3) is 2.88. The Bertz CT molecular complexity index is 1100. The number of fused-ring (bicyclic) bond motifs is 1. The van der Waals surface area contributed by atoms with Crippen LogP contribution in [0.5, 0.6) is 0 Å². The molecule has 3 heterocycles. The van der Waals surface area contributed by atoms with Gasteiger partial charge >= 0.3 is 11.7 Å². The van der Waals surface area contributed by atoms with E-state index in [2.05, 4.69) is 4.98 Å². The zero-order chi connectivity index (χ0) is 21.6. The summed E-state index contributed by atoms with van der Waals surface area (Å²) in [5, 5.41) is 32.9. The highest BCUT2D eigenvalue weighted by molar-refractivity contribution is 6.29. The summed E-state index contributed by atoms with van der Waals surface area (Å²) in [5.74, 6) is -2.58. The Balaban J connectivity index is 1.80. The van der Waals surface area contributed by atoms with E-state index in [1.54, 1.807) is 17.0 Å². The maximum atomic E-state index is 13.1. The molecule has 0 aliphatic carbocycles. The van der Waals surface area contributed by atoms with Crippen LogP contribution in [-0.4, -0.2) is 54.8 Å². The fourth-order valence-corrected chi connectivity index (χ4v) is 3.98. The van der Waals surface area contributed by atoms with E-state index in [4.69, 9.17) is 11.6 Å². The van der Waals surface area contributed by atoms with Gasteiger partial charge in [-0.25, -0.2) is 9.78 Å². The second-order valence-corrected chi connectivity index (χ2v) is 7.23. The van der Waals surface area contributed by atoms with Gasteiger partial charge in [-0.1, -0.05) is 35.9 Å². The van der Waals surface area contributed by atoms with Crippen molar-refractivity contribution in [2.75, 3.05) is 13.1 Å². The minimum absolute atomic E-state index is 0.0531. The number of carboxylic acids is 1. The number of carbonyl (C=O) groups excluding carboxylic acids is 1. The number of hydrogen-bond acceptors (Lipinski definition) is 8. The molecule has 1 aromatic heterocycles. The molecular formula is C19H15ClN4O6. The minimum atomic E-state index is -2.49. The van der Waals surface area contributed by atoms with E-state index in [9.17, 15) is 29.9 Å². The average molecular weight is 431 g/mol. The summed E-state index contributed by atoms with van der Waals surface area (Å²) in [6.07, 6.45) is 1.51. The first kappa shape index (κ1) is 19.8. The monoisotopic (exact) mass is 430 g/mol. The Morgan fingerprint density at radius 1 is 1.27 bits per heavy atom. The number of hydrogen-bond donors (Lipinski definition) is 2. The molecule has 0 saturated carbocycles. The molecule has 30 heavy (non-hydrogen) atoms. The maximum Gasteiger partial charge on any atom is 0.357 e. The largest absolute Gasteiger partial charge is 0.478 e. The normalized spacial score (nSPS) is 20.7. The minimum Gasteiger partial charge on any atom is -0.478 e. The van der Waals surface area contributed by atoms with Gasteiger partial charge in [0.25, 0.3) is 5.78 Å². The number of Topliss-reactive ketones (excluding diaryl/α,β-unsaturated/α-hetero) is 1. The molecule has 4 rings (SSSR count). The number of rotatable bonds is 5. The van der Waals surface area contributed by atoms with Gasteiger partial charge in [0.15, 0.2) is 5.82 Å². The fraction of sp³-hybridized carbons (Fsp3) is 0.211. The molecule has 0 radical (unpaired) electrons. The zero-order valence-electron chi connectivity index (χ0n) is 15.4. The highest BCUT2D eigenvalue weighted by Gasteiger charge is 2.62. The lowest BCUT2D eigenvalue weighted by Crippen LogP contribution is -2.47. The van der Waals surface area contributed by atoms with Gasteiger partial charge in [-0.15, -0.1) is 0 Å². The van der Waals surface area contributed by atoms with Crippen LogP contribution in [0, 0.1) is 10.1 Å². The smallest absolute Gasteiger partial charge is 0.357 e. The maximum absolute atomic E-state index is 13.1. The van der Waals surface area contributed by atoms with Crippen molar-refractivity contribution in [1.82, 2.24) is 14.8 Å². The van der Waals surface area contributed by atoms with Crippen LogP contribution in [0.2, 0.25) is 5.15 Å². The number of halogens is 1. The Morgan fingerprint density at radius 2 is 2.00 bits per heavy atom. The highest BCUT2D eigenvalue weighted by Crippen LogP contribution is 2.45. The number of carboxylic acid groups (broad SMARTS) is 1. The van der Waals surface area contributed by atoms with E-state index in [1.165, 1.54) is 35.4 Å². The summed E-state index contributed by atoms with van der Waals surface area (Å²) in [6.45, 7) is 0.557. The molecule has 2 N–H and O–H groups in total. The lowest BCUT2D eigenvalue weighted by Gasteiger charge is -2.32. The van der Waals surface area contributed by atoms with Crippen LogP contribution in [0.15, 0.2) is 54.1 Å². The molecule has 0 bridgehead atoms. The molecule has 10 nitrogen and oxygen atoms in total. The first-order valence-electron chi connectivity index (χ1n) is 8.86. The number of aromatic carboxylic acids is 1. The zero-order valence-corrected chi connectivity index (χ0v) is 16.1. The van der Waals surface area contributed by atoms with Crippen molar-refractivity contribution in [2.45, 2.75) is 12.3 Å². The number of nitrogens with zero attached hydrogens (tertiary/aromatic N) is 4. The van der Waals surface area contributed by atoms with Crippen LogP contribution in [0.25, 0.3) is 0 Å². The van der Waals surface area contributed by atoms with Crippen LogP contribution < -0.4 is 0 Å².